The van der Waals surface area contributed by atoms with Crippen molar-refractivity contribution in [2.24, 2.45) is 5.16 Å². The number of oxime groups is 1. The van der Waals surface area contributed by atoms with Gasteiger partial charge in [0.05, 0.1) is 18.9 Å². The minimum atomic E-state index is -3.27. The monoisotopic (exact) mass is 309 g/mol. The molecule has 6 heteroatoms. The first kappa shape index (κ1) is 16.0. The number of hydrogen-bond donors (Lipinski definition) is 0. The van der Waals surface area contributed by atoms with Crippen molar-refractivity contribution in [1.82, 2.24) is 0 Å². The van der Waals surface area contributed by atoms with E-state index in [0.717, 1.165) is 11.3 Å². The van der Waals surface area contributed by atoms with Gasteiger partial charge >= 0.3 is 7.60 Å². The molecule has 0 aromatic heterocycles. The van der Waals surface area contributed by atoms with Crippen LogP contribution in [0.3, 0.4) is 0 Å². The fourth-order valence-corrected chi connectivity index (χ4v) is 3.67. The van der Waals surface area contributed by atoms with Gasteiger partial charge in [-0.25, -0.2) is 0 Å². The van der Waals surface area contributed by atoms with Crippen LogP contribution in [0.2, 0.25) is 0 Å². The molecule has 0 aliphatic carbocycles. The Kier molecular flexibility index (Phi) is 5.74. The third-order valence-electron chi connectivity index (χ3n) is 2.91. The van der Waals surface area contributed by atoms with E-state index < -0.39 is 13.4 Å². The lowest BCUT2D eigenvalue weighted by Gasteiger charge is -2.20. The van der Waals surface area contributed by atoms with Gasteiger partial charge in [0.25, 0.3) is 0 Å². The normalized spacial score (nSPS) is 18.8. The predicted molar refractivity (Wildman–Crippen MR) is 83.3 cm³/mol. The van der Waals surface area contributed by atoms with E-state index in [0.29, 0.717) is 19.6 Å². The topological polar surface area (TPSA) is 57.1 Å². The van der Waals surface area contributed by atoms with Crippen LogP contribution in [-0.4, -0.2) is 24.8 Å². The molecule has 1 aliphatic heterocycles. The fourth-order valence-electron chi connectivity index (χ4n) is 1.97. The molecule has 0 saturated carbocycles. The third-order valence-corrected chi connectivity index (χ3v) is 5.13. The summed E-state index contributed by atoms with van der Waals surface area (Å²) in [7, 11) is -3.27. The molecule has 1 atom stereocenters. The first-order chi connectivity index (χ1) is 10.2. The summed E-state index contributed by atoms with van der Waals surface area (Å²) in [5, 5.41) is 3.96. The summed E-state index contributed by atoms with van der Waals surface area (Å²) in [4.78, 5) is 5.25. The predicted octanol–water partition coefficient (Wildman–Crippen LogP) is 4.07. The second-order valence-corrected chi connectivity index (χ2v) is 6.64. The van der Waals surface area contributed by atoms with E-state index in [1.807, 2.05) is 42.5 Å². The van der Waals surface area contributed by atoms with Crippen molar-refractivity contribution < 1.29 is 18.5 Å². The molecule has 1 heterocycles. The Morgan fingerprint density at radius 2 is 1.90 bits per heavy atom. The molecular weight excluding hydrogens is 289 g/mol. The van der Waals surface area contributed by atoms with E-state index in [9.17, 15) is 4.57 Å². The van der Waals surface area contributed by atoms with E-state index in [4.69, 9.17) is 13.9 Å². The van der Waals surface area contributed by atoms with Crippen LogP contribution in [0.25, 0.3) is 6.08 Å². The molecule has 21 heavy (non-hydrogen) atoms. The second kappa shape index (κ2) is 7.55. The van der Waals surface area contributed by atoms with Crippen LogP contribution >= 0.6 is 7.60 Å². The minimum Gasteiger partial charge on any atom is -0.379 e. The molecule has 1 aromatic carbocycles. The maximum atomic E-state index is 12.6. The van der Waals surface area contributed by atoms with Crippen molar-refractivity contribution in [3.63, 3.8) is 0 Å². The maximum absolute atomic E-state index is 12.6. The zero-order valence-corrected chi connectivity index (χ0v) is 13.2. The highest BCUT2D eigenvalue weighted by atomic mass is 31.2. The van der Waals surface area contributed by atoms with Gasteiger partial charge < -0.3 is 13.9 Å². The Hall–Kier alpha value is -1.42. The van der Waals surface area contributed by atoms with Gasteiger partial charge in [-0.3, -0.25) is 4.57 Å². The van der Waals surface area contributed by atoms with Crippen LogP contribution in [-0.2, 0) is 18.5 Å². The standard InChI is InChI=1S/C15H20NO4P/c1-3-18-21(17,19-4-2)15-12-14(16-20-15)11-10-13-8-6-5-7-9-13/h5-11,15H,3-4,12H2,1-2H3/b11-10+. The van der Waals surface area contributed by atoms with Crippen LogP contribution in [0.5, 0.6) is 0 Å². The quantitative estimate of drug-likeness (QED) is 0.712. The van der Waals surface area contributed by atoms with Crippen LogP contribution in [0.4, 0.5) is 0 Å². The summed E-state index contributed by atoms with van der Waals surface area (Å²) < 4.78 is 23.1. The zero-order chi connectivity index (χ0) is 15.1. The van der Waals surface area contributed by atoms with Crippen molar-refractivity contribution in [2.75, 3.05) is 13.2 Å². The molecule has 5 nitrogen and oxygen atoms in total. The van der Waals surface area contributed by atoms with Crippen molar-refractivity contribution >= 4 is 19.4 Å². The molecular formula is C15H20NO4P. The average Bonchev–Trinajstić information content (AvgIpc) is 2.96. The Morgan fingerprint density at radius 3 is 2.52 bits per heavy atom. The smallest absolute Gasteiger partial charge is 0.374 e. The largest absolute Gasteiger partial charge is 0.379 e. The lowest BCUT2D eigenvalue weighted by Crippen LogP contribution is -2.13. The Bertz CT molecular complexity index is 546. The van der Waals surface area contributed by atoms with E-state index in [1.165, 1.54) is 0 Å². The summed E-state index contributed by atoms with van der Waals surface area (Å²) in [5.74, 6) is -0.659. The third kappa shape index (κ3) is 4.27. The Labute approximate surface area is 125 Å². The molecule has 1 aromatic rings. The van der Waals surface area contributed by atoms with Crippen LogP contribution < -0.4 is 0 Å². The molecule has 0 radical (unpaired) electrons. The van der Waals surface area contributed by atoms with Gasteiger partial charge in [-0.15, -0.1) is 0 Å². The van der Waals surface area contributed by atoms with Crippen molar-refractivity contribution in [2.45, 2.75) is 26.1 Å². The lowest BCUT2D eigenvalue weighted by molar-refractivity contribution is 0.0959. The van der Waals surface area contributed by atoms with Crippen LogP contribution in [0, 0.1) is 0 Å². The average molecular weight is 309 g/mol. The number of rotatable bonds is 7. The van der Waals surface area contributed by atoms with Crippen LogP contribution in [0.1, 0.15) is 25.8 Å². The van der Waals surface area contributed by atoms with E-state index in [1.54, 1.807) is 13.8 Å². The molecule has 0 amide bonds. The Balaban J connectivity index is 1.99. The van der Waals surface area contributed by atoms with Crippen LogP contribution in [0.15, 0.2) is 41.6 Å². The second-order valence-electron chi connectivity index (χ2n) is 4.47. The first-order valence-corrected chi connectivity index (χ1v) is 8.63. The number of nitrogens with zero attached hydrogens (tertiary/aromatic N) is 1. The van der Waals surface area contributed by atoms with Crippen molar-refractivity contribution in [3.05, 3.63) is 42.0 Å². The van der Waals surface area contributed by atoms with Crippen molar-refractivity contribution in [3.8, 4) is 0 Å². The first-order valence-electron chi connectivity index (χ1n) is 7.02. The lowest BCUT2D eigenvalue weighted by atomic mass is 10.2. The molecule has 2 rings (SSSR count). The summed E-state index contributed by atoms with van der Waals surface area (Å²) in [5.41, 5.74) is 1.80. The van der Waals surface area contributed by atoms with Gasteiger partial charge in [0.15, 0.2) is 0 Å². The fraction of sp³-hybridized carbons (Fsp3) is 0.400. The molecule has 114 valence electrons. The number of benzene rings is 1. The van der Waals surface area contributed by atoms with E-state index >= 15 is 0 Å². The van der Waals surface area contributed by atoms with Gasteiger partial charge in [-0.05, 0) is 25.5 Å². The van der Waals surface area contributed by atoms with E-state index in [-0.39, 0.29) is 0 Å². The summed E-state index contributed by atoms with van der Waals surface area (Å²) >= 11 is 0. The zero-order valence-electron chi connectivity index (χ0n) is 12.3. The maximum Gasteiger partial charge on any atom is 0.374 e. The summed E-state index contributed by atoms with van der Waals surface area (Å²) in [6, 6.07) is 9.89. The van der Waals surface area contributed by atoms with E-state index in [2.05, 4.69) is 5.16 Å². The molecule has 0 N–H and O–H groups in total. The summed E-state index contributed by atoms with van der Waals surface area (Å²) in [6.07, 6.45) is 4.22. The van der Waals surface area contributed by atoms with Gasteiger partial charge in [0, 0.05) is 6.42 Å². The molecule has 1 unspecified atom stereocenters. The molecule has 1 aliphatic rings. The number of allylic oxidation sites excluding steroid dienone is 1. The molecule has 0 fully saturated rings. The Morgan fingerprint density at radius 1 is 1.24 bits per heavy atom. The molecule has 0 saturated heterocycles. The van der Waals surface area contributed by atoms with Gasteiger partial charge in [-0.1, -0.05) is 41.6 Å². The number of hydrogen-bond acceptors (Lipinski definition) is 5. The van der Waals surface area contributed by atoms with Gasteiger partial charge in [0.2, 0.25) is 5.85 Å². The SMILES string of the molecule is CCOP(=O)(OCC)C1CC(/C=C/c2ccccc2)=NO1. The molecule has 0 bridgehead atoms. The summed E-state index contributed by atoms with van der Waals surface area (Å²) in [6.45, 7) is 4.17. The van der Waals surface area contributed by atoms with Gasteiger partial charge in [-0.2, -0.15) is 0 Å². The highest BCUT2D eigenvalue weighted by Crippen LogP contribution is 2.56. The highest BCUT2D eigenvalue weighted by Gasteiger charge is 2.41. The van der Waals surface area contributed by atoms with Crippen molar-refractivity contribution in [1.29, 1.82) is 0 Å². The molecule has 0 spiro atoms. The minimum absolute atomic E-state index is 0.312. The highest BCUT2D eigenvalue weighted by molar-refractivity contribution is 7.54. The van der Waals surface area contributed by atoms with Gasteiger partial charge in [0.1, 0.15) is 0 Å².